The van der Waals surface area contributed by atoms with Crippen LogP contribution in [0.1, 0.15) is 31.9 Å². The van der Waals surface area contributed by atoms with E-state index in [0.717, 1.165) is 11.8 Å². The third kappa shape index (κ3) is 5.85. The molecule has 0 spiro atoms. The molecule has 1 aromatic rings. The maximum absolute atomic E-state index is 12.3. The number of nitrogens with one attached hydrogen (secondary N) is 1. The van der Waals surface area contributed by atoms with Gasteiger partial charge in [0.25, 0.3) is 0 Å². The minimum Gasteiger partial charge on any atom is -0.331 e. The van der Waals surface area contributed by atoms with Crippen LogP contribution in [0.2, 0.25) is 5.02 Å². The van der Waals surface area contributed by atoms with Crippen LogP contribution < -0.4 is 5.32 Å². The molecule has 1 rings (SSSR count). The average molecular weight is 347 g/mol. The number of halogens is 1. The van der Waals surface area contributed by atoms with Gasteiger partial charge in [-0.15, -0.1) is 0 Å². The molecule has 0 aliphatic carbocycles. The van der Waals surface area contributed by atoms with E-state index in [2.05, 4.69) is 5.32 Å². The van der Waals surface area contributed by atoms with Crippen LogP contribution in [0, 0.1) is 0 Å². The molecule has 0 bridgehead atoms. The van der Waals surface area contributed by atoms with Crippen molar-refractivity contribution >= 4 is 27.5 Å². The molecule has 0 aliphatic rings. The van der Waals surface area contributed by atoms with Crippen molar-refractivity contribution in [1.29, 1.82) is 0 Å². The maximum Gasteiger partial charge on any atom is 0.317 e. The largest absolute Gasteiger partial charge is 0.331 e. The van der Waals surface area contributed by atoms with Gasteiger partial charge in [-0.05, 0) is 31.0 Å². The van der Waals surface area contributed by atoms with Gasteiger partial charge in [-0.25, -0.2) is 13.2 Å². The molecule has 0 heterocycles. The number of urea groups is 1. The topological polar surface area (TPSA) is 66.5 Å². The van der Waals surface area contributed by atoms with E-state index < -0.39 is 15.9 Å². The van der Waals surface area contributed by atoms with Crippen molar-refractivity contribution in [1.82, 2.24) is 10.2 Å². The monoisotopic (exact) mass is 346 g/mol. The second-order valence-corrected chi connectivity index (χ2v) is 8.14. The standard InChI is InChI=1S/C15H23ClN2O3S/c1-5-14(12-7-6-8-13(16)9-12)17-15(19)18(3)11(2)10-22(4,20)21/h6-9,11,14H,5,10H2,1-4H3,(H,17,19)/t11-,14-/m1/s1. The maximum atomic E-state index is 12.3. The van der Waals surface area contributed by atoms with Gasteiger partial charge >= 0.3 is 6.03 Å². The molecule has 0 unspecified atom stereocenters. The van der Waals surface area contributed by atoms with E-state index in [1.165, 1.54) is 4.90 Å². The highest BCUT2D eigenvalue weighted by molar-refractivity contribution is 7.90. The van der Waals surface area contributed by atoms with Gasteiger partial charge in [0.1, 0.15) is 9.84 Å². The summed E-state index contributed by atoms with van der Waals surface area (Å²) in [4.78, 5) is 13.7. The lowest BCUT2D eigenvalue weighted by Gasteiger charge is -2.27. The molecule has 0 saturated carbocycles. The van der Waals surface area contributed by atoms with Crippen molar-refractivity contribution < 1.29 is 13.2 Å². The Bertz CT molecular complexity index is 619. The molecule has 0 radical (unpaired) electrons. The second kappa shape index (κ2) is 7.83. The van der Waals surface area contributed by atoms with Crippen LogP contribution in [0.25, 0.3) is 0 Å². The highest BCUT2D eigenvalue weighted by Gasteiger charge is 2.22. The van der Waals surface area contributed by atoms with E-state index in [1.807, 2.05) is 25.1 Å². The van der Waals surface area contributed by atoms with Crippen LogP contribution in [0.3, 0.4) is 0 Å². The zero-order valence-corrected chi connectivity index (χ0v) is 14.9. The Morgan fingerprint density at radius 1 is 1.41 bits per heavy atom. The van der Waals surface area contributed by atoms with Crippen LogP contribution in [0.4, 0.5) is 4.79 Å². The summed E-state index contributed by atoms with van der Waals surface area (Å²) in [6.45, 7) is 3.67. The lowest BCUT2D eigenvalue weighted by atomic mass is 10.0. The first-order valence-electron chi connectivity index (χ1n) is 7.10. The SMILES string of the molecule is CC[C@@H](NC(=O)N(C)[C@H](C)CS(C)(=O)=O)c1cccc(Cl)c1. The van der Waals surface area contributed by atoms with Crippen LogP contribution in [0.5, 0.6) is 0 Å². The number of hydrogen-bond acceptors (Lipinski definition) is 3. The van der Waals surface area contributed by atoms with Crippen molar-refractivity contribution in [3.63, 3.8) is 0 Å². The molecule has 2 amide bonds. The highest BCUT2D eigenvalue weighted by Crippen LogP contribution is 2.20. The summed E-state index contributed by atoms with van der Waals surface area (Å²) in [5, 5.41) is 3.52. The minimum atomic E-state index is -3.13. The number of nitrogens with zero attached hydrogens (tertiary/aromatic N) is 1. The van der Waals surface area contributed by atoms with Crippen molar-refractivity contribution in [2.45, 2.75) is 32.4 Å². The summed E-state index contributed by atoms with van der Waals surface area (Å²) in [7, 11) is -1.54. The number of amides is 2. The number of carbonyl (C=O) groups is 1. The average Bonchev–Trinajstić information content (AvgIpc) is 2.41. The molecule has 5 nitrogen and oxygen atoms in total. The van der Waals surface area contributed by atoms with E-state index in [9.17, 15) is 13.2 Å². The molecular formula is C15H23ClN2O3S. The smallest absolute Gasteiger partial charge is 0.317 e. The predicted octanol–water partition coefficient (Wildman–Crippen LogP) is 2.87. The molecular weight excluding hydrogens is 324 g/mol. The first-order valence-corrected chi connectivity index (χ1v) is 9.54. The number of hydrogen-bond donors (Lipinski definition) is 1. The van der Waals surface area contributed by atoms with Gasteiger partial charge < -0.3 is 10.2 Å². The summed E-state index contributed by atoms with van der Waals surface area (Å²) in [5.74, 6) is -0.0646. The summed E-state index contributed by atoms with van der Waals surface area (Å²) < 4.78 is 22.7. The fourth-order valence-electron chi connectivity index (χ4n) is 2.15. The van der Waals surface area contributed by atoms with Gasteiger partial charge in [-0.1, -0.05) is 30.7 Å². The van der Waals surface area contributed by atoms with Gasteiger partial charge in [0.2, 0.25) is 0 Å². The molecule has 0 aromatic heterocycles. The summed E-state index contributed by atoms with van der Waals surface area (Å²) in [6.07, 6.45) is 1.87. The van der Waals surface area contributed by atoms with Gasteiger partial charge in [0.15, 0.2) is 0 Å². The third-order valence-electron chi connectivity index (χ3n) is 3.48. The first kappa shape index (κ1) is 18.8. The molecule has 1 N–H and O–H groups in total. The number of rotatable bonds is 6. The summed E-state index contributed by atoms with van der Waals surface area (Å²) in [5.41, 5.74) is 0.924. The Labute approximate surface area is 137 Å². The Morgan fingerprint density at radius 3 is 2.55 bits per heavy atom. The van der Waals surface area contributed by atoms with E-state index in [4.69, 9.17) is 11.6 Å². The molecule has 22 heavy (non-hydrogen) atoms. The second-order valence-electron chi connectivity index (χ2n) is 5.52. The van der Waals surface area contributed by atoms with Gasteiger partial charge in [-0.3, -0.25) is 0 Å². The predicted molar refractivity (Wildman–Crippen MR) is 90.0 cm³/mol. The van der Waals surface area contributed by atoms with Gasteiger partial charge in [-0.2, -0.15) is 0 Å². The first-order chi connectivity index (χ1) is 10.1. The van der Waals surface area contributed by atoms with E-state index in [-0.39, 0.29) is 17.8 Å². The fraction of sp³-hybridized carbons (Fsp3) is 0.533. The van der Waals surface area contributed by atoms with Crippen LogP contribution in [-0.4, -0.2) is 44.4 Å². The molecule has 0 saturated heterocycles. The Kier molecular flexibility index (Phi) is 6.68. The Morgan fingerprint density at radius 2 is 2.05 bits per heavy atom. The van der Waals surface area contributed by atoms with Crippen molar-refractivity contribution in [3.8, 4) is 0 Å². The number of benzene rings is 1. The fourth-order valence-corrected chi connectivity index (χ4v) is 3.44. The summed E-state index contributed by atoms with van der Waals surface area (Å²) >= 11 is 5.98. The van der Waals surface area contributed by atoms with Crippen molar-refractivity contribution in [2.75, 3.05) is 19.1 Å². The number of carbonyl (C=O) groups excluding carboxylic acids is 1. The quantitative estimate of drug-likeness (QED) is 0.861. The minimum absolute atomic E-state index is 0.0646. The van der Waals surface area contributed by atoms with E-state index in [0.29, 0.717) is 11.4 Å². The normalized spacial score (nSPS) is 14.2. The van der Waals surface area contributed by atoms with Crippen molar-refractivity contribution in [3.05, 3.63) is 34.9 Å². The van der Waals surface area contributed by atoms with Crippen LogP contribution >= 0.6 is 11.6 Å². The molecule has 1 aromatic carbocycles. The molecule has 7 heteroatoms. The Hall–Kier alpha value is -1.27. The molecule has 0 aliphatic heterocycles. The van der Waals surface area contributed by atoms with E-state index >= 15 is 0 Å². The third-order valence-corrected chi connectivity index (χ3v) is 4.81. The lowest BCUT2D eigenvalue weighted by Crippen LogP contribution is -2.46. The van der Waals surface area contributed by atoms with Crippen LogP contribution in [-0.2, 0) is 9.84 Å². The summed E-state index contributed by atoms with van der Waals surface area (Å²) in [6, 6.07) is 6.47. The Balaban J connectivity index is 2.76. The van der Waals surface area contributed by atoms with Gasteiger partial charge in [0, 0.05) is 24.4 Å². The zero-order chi connectivity index (χ0) is 16.9. The van der Waals surface area contributed by atoms with E-state index in [1.54, 1.807) is 20.0 Å². The highest BCUT2D eigenvalue weighted by atomic mass is 35.5. The van der Waals surface area contributed by atoms with Gasteiger partial charge in [0.05, 0.1) is 11.8 Å². The molecule has 124 valence electrons. The zero-order valence-electron chi connectivity index (χ0n) is 13.3. The lowest BCUT2D eigenvalue weighted by molar-refractivity contribution is 0.193. The van der Waals surface area contributed by atoms with Crippen LogP contribution in [0.15, 0.2) is 24.3 Å². The molecule has 0 fully saturated rings. The number of sulfone groups is 1. The molecule has 2 atom stereocenters. The van der Waals surface area contributed by atoms with Crippen molar-refractivity contribution in [2.24, 2.45) is 0 Å².